The molecule has 0 atom stereocenters. The second-order valence-electron chi connectivity index (χ2n) is 5.01. The summed E-state index contributed by atoms with van der Waals surface area (Å²) in [6.45, 7) is 7.69. The fourth-order valence-electron chi connectivity index (χ4n) is 2.46. The van der Waals surface area contributed by atoms with Crippen molar-refractivity contribution in [2.75, 3.05) is 26.2 Å². The molecule has 96 valence electrons. The van der Waals surface area contributed by atoms with E-state index in [1.165, 1.54) is 0 Å². The van der Waals surface area contributed by atoms with Crippen molar-refractivity contribution in [2.45, 2.75) is 26.7 Å². The molecule has 0 aromatic heterocycles. The molecule has 0 aromatic rings. The largest absolute Gasteiger partial charge is 0.415 e. The summed E-state index contributed by atoms with van der Waals surface area (Å²) in [4.78, 5) is 13.6. The molecule has 0 spiro atoms. The predicted octanol–water partition coefficient (Wildman–Crippen LogP) is 1.98. The van der Waals surface area contributed by atoms with Crippen LogP contribution < -0.4 is 5.32 Å². The summed E-state index contributed by atoms with van der Waals surface area (Å²) in [5, 5.41) is 3.31. The van der Waals surface area contributed by atoms with E-state index in [-0.39, 0.29) is 6.09 Å². The maximum Gasteiger partial charge on any atom is 0.414 e. The van der Waals surface area contributed by atoms with Gasteiger partial charge in [-0.2, -0.15) is 0 Å². The molecule has 4 nitrogen and oxygen atoms in total. The van der Waals surface area contributed by atoms with Gasteiger partial charge >= 0.3 is 6.09 Å². The van der Waals surface area contributed by atoms with Crippen molar-refractivity contribution in [3.63, 3.8) is 0 Å². The van der Waals surface area contributed by atoms with E-state index >= 15 is 0 Å². The van der Waals surface area contributed by atoms with Gasteiger partial charge in [0.25, 0.3) is 0 Å². The number of allylic oxidation sites excluding steroid dienone is 2. The minimum Gasteiger partial charge on any atom is -0.415 e. The molecule has 0 aliphatic carbocycles. The van der Waals surface area contributed by atoms with Crippen LogP contribution in [0.2, 0.25) is 0 Å². The van der Waals surface area contributed by atoms with E-state index in [4.69, 9.17) is 4.74 Å². The summed E-state index contributed by atoms with van der Waals surface area (Å²) in [5.41, 5.74) is 0. The van der Waals surface area contributed by atoms with Crippen LogP contribution >= 0.6 is 0 Å². The number of nitrogens with one attached hydrogen (secondary N) is 1. The third-order valence-electron chi connectivity index (χ3n) is 3.93. The van der Waals surface area contributed by atoms with Crippen molar-refractivity contribution in [1.29, 1.82) is 0 Å². The Morgan fingerprint density at radius 2 is 1.94 bits per heavy atom. The number of carbonyl (C=O) groups is 1. The van der Waals surface area contributed by atoms with Gasteiger partial charge in [-0.25, -0.2) is 4.79 Å². The Hall–Kier alpha value is -1.03. The van der Waals surface area contributed by atoms with Gasteiger partial charge in [0.1, 0.15) is 5.76 Å². The Labute approximate surface area is 103 Å². The van der Waals surface area contributed by atoms with Crippen molar-refractivity contribution in [3.05, 3.63) is 11.8 Å². The number of hydrogen-bond acceptors (Lipinski definition) is 3. The van der Waals surface area contributed by atoms with E-state index in [0.717, 1.165) is 50.9 Å². The van der Waals surface area contributed by atoms with Gasteiger partial charge < -0.3 is 15.0 Å². The number of ether oxygens (including phenoxy) is 1. The van der Waals surface area contributed by atoms with E-state index < -0.39 is 0 Å². The highest BCUT2D eigenvalue weighted by molar-refractivity contribution is 5.68. The van der Waals surface area contributed by atoms with Gasteiger partial charge in [0.15, 0.2) is 0 Å². The second kappa shape index (κ2) is 5.54. The molecule has 0 bridgehead atoms. The van der Waals surface area contributed by atoms with E-state index in [2.05, 4.69) is 5.32 Å². The molecule has 1 N–H and O–H groups in total. The molecule has 2 heterocycles. The number of amides is 1. The van der Waals surface area contributed by atoms with Crippen LogP contribution in [-0.4, -0.2) is 37.2 Å². The Morgan fingerprint density at radius 1 is 1.29 bits per heavy atom. The van der Waals surface area contributed by atoms with E-state index in [0.29, 0.717) is 5.76 Å². The highest BCUT2D eigenvalue weighted by Gasteiger charge is 2.31. The smallest absolute Gasteiger partial charge is 0.414 e. The number of piperidine rings is 1. The Kier molecular flexibility index (Phi) is 4.05. The van der Waals surface area contributed by atoms with E-state index in [1.54, 1.807) is 0 Å². The first-order valence-electron chi connectivity index (χ1n) is 6.51. The highest BCUT2D eigenvalue weighted by Crippen LogP contribution is 2.27. The summed E-state index contributed by atoms with van der Waals surface area (Å²) >= 11 is 0. The van der Waals surface area contributed by atoms with Gasteiger partial charge in [-0.1, -0.05) is 0 Å². The summed E-state index contributed by atoms with van der Waals surface area (Å²) in [6.07, 6.45) is 3.86. The van der Waals surface area contributed by atoms with Crippen molar-refractivity contribution >= 4 is 6.09 Å². The molecule has 4 heteroatoms. The van der Waals surface area contributed by atoms with Crippen LogP contribution in [0.25, 0.3) is 0 Å². The fraction of sp³-hybridized carbons (Fsp3) is 0.769. The third-order valence-corrected chi connectivity index (χ3v) is 3.93. The van der Waals surface area contributed by atoms with Gasteiger partial charge in [-0.3, -0.25) is 0 Å². The predicted molar refractivity (Wildman–Crippen MR) is 66.6 cm³/mol. The average molecular weight is 238 g/mol. The lowest BCUT2D eigenvalue weighted by Crippen LogP contribution is -2.49. The minimum absolute atomic E-state index is 0.189. The van der Waals surface area contributed by atoms with Crippen LogP contribution in [0.15, 0.2) is 11.8 Å². The Bertz CT molecular complexity index is 303. The van der Waals surface area contributed by atoms with Crippen molar-refractivity contribution in [3.8, 4) is 0 Å². The molecule has 2 rings (SSSR count). The van der Waals surface area contributed by atoms with Gasteiger partial charge in [0, 0.05) is 13.1 Å². The van der Waals surface area contributed by atoms with Gasteiger partial charge in [-0.05, 0) is 57.7 Å². The topological polar surface area (TPSA) is 41.6 Å². The fourth-order valence-corrected chi connectivity index (χ4v) is 2.46. The van der Waals surface area contributed by atoms with Crippen LogP contribution in [0.4, 0.5) is 4.79 Å². The van der Waals surface area contributed by atoms with Crippen LogP contribution in [0.1, 0.15) is 26.7 Å². The van der Waals surface area contributed by atoms with Gasteiger partial charge in [-0.15, -0.1) is 0 Å². The zero-order valence-electron chi connectivity index (χ0n) is 10.7. The molecule has 0 unspecified atom stereocenters. The molecular formula is C13H22N2O2. The van der Waals surface area contributed by atoms with Gasteiger partial charge in [0.05, 0.1) is 0 Å². The molecule has 1 amide bonds. The van der Waals surface area contributed by atoms with Crippen LogP contribution in [0, 0.1) is 11.8 Å². The lowest BCUT2D eigenvalue weighted by Gasteiger charge is -2.39. The molecule has 0 radical (unpaired) electrons. The summed E-state index contributed by atoms with van der Waals surface area (Å²) in [7, 11) is 0. The van der Waals surface area contributed by atoms with Crippen molar-refractivity contribution in [1.82, 2.24) is 10.2 Å². The van der Waals surface area contributed by atoms with E-state index in [1.807, 2.05) is 24.8 Å². The van der Waals surface area contributed by atoms with E-state index in [9.17, 15) is 4.79 Å². The summed E-state index contributed by atoms with van der Waals surface area (Å²) < 4.78 is 5.21. The molecule has 2 saturated heterocycles. The first-order valence-corrected chi connectivity index (χ1v) is 6.51. The zero-order valence-corrected chi connectivity index (χ0v) is 10.7. The molecule has 0 aromatic carbocycles. The maximum absolute atomic E-state index is 11.8. The lowest BCUT2D eigenvalue weighted by atomic mass is 9.81. The molecule has 0 saturated carbocycles. The van der Waals surface area contributed by atoms with Crippen LogP contribution in [-0.2, 0) is 4.74 Å². The molecule has 2 aliphatic rings. The first kappa shape index (κ1) is 12.4. The zero-order chi connectivity index (χ0) is 12.3. The number of nitrogens with zero attached hydrogens (tertiary/aromatic N) is 1. The molecular weight excluding hydrogens is 216 g/mol. The first-order chi connectivity index (χ1) is 8.20. The summed E-state index contributed by atoms with van der Waals surface area (Å²) in [6, 6.07) is 0. The lowest BCUT2D eigenvalue weighted by molar-refractivity contribution is 0.0912. The highest BCUT2D eigenvalue weighted by atomic mass is 16.6. The maximum atomic E-state index is 11.8. The molecule has 2 fully saturated rings. The third kappa shape index (κ3) is 3.00. The van der Waals surface area contributed by atoms with Gasteiger partial charge in [0.2, 0.25) is 0 Å². The number of carbonyl (C=O) groups excluding carboxylic acids is 1. The molecule has 2 aliphatic heterocycles. The normalized spacial score (nSPS) is 23.4. The number of rotatable bonds is 2. The van der Waals surface area contributed by atoms with Crippen LogP contribution in [0.3, 0.4) is 0 Å². The Morgan fingerprint density at radius 3 is 2.41 bits per heavy atom. The number of hydrogen-bond donors (Lipinski definition) is 1. The standard InChI is InChI=1S/C13H22N2O2/c1-3-10(2)17-13(16)15-6-4-11(5-7-15)12-8-14-9-12/h3,11-12,14H,4-9H2,1-2H3/b10-3+. The second-order valence-corrected chi connectivity index (χ2v) is 5.01. The SMILES string of the molecule is C/C=C(\C)OC(=O)N1CCC(C2CNC2)CC1. The monoisotopic (exact) mass is 238 g/mol. The van der Waals surface area contributed by atoms with Crippen molar-refractivity contribution < 1.29 is 9.53 Å². The number of likely N-dealkylation sites (tertiary alicyclic amines) is 1. The average Bonchev–Trinajstić information content (AvgIpc) is 2.27. The quantitative estimate of drug-likeness (QED) is 0.748. The molecule has 17 heavy (non-hydrogen) atoms. The minimum atomic E-state index is -0.189. The Balaban J connectivity index is 1.76. The summed E-state index contributed by atoms with van der Waals surface area (Å²) in [5.74, 6) is 2.31. The van der Waals surface area contributed by atoms with Crippen molar-refractivity contribution in [2.24, 2.45) is 11.8 Å². The van der Waals surface area contributed by atoms with Crippen LogP contribution in [0.5, 0.6) is 0 Å².